The normalized spacial score (nSPS) is 11.8. The van der Waals surface area contributed by atoms with Crippen molar-refractivity contribution in [2.45, 2.75) is 0 Å². The summed E-state index contributed by atoms with van der Waals surface area (Å²) in [5.41, 5.74) is -0.638. The topological polar surface area (TPSA) is 14.1 Å². The number of rotatable bonds is 1. The molecule has 0 unspecified atom stereocenters. The Hall–Kier alpha value is -0.0351. The highest BCUT2D eigenvalue weighted by Crippen LogP contribution is 2.20. The van der Waals surface area contributed by atoms with Crippen LogP contribution in [0.1, 0.15) is 0 Å². The second kappa shape index (κ2) is 3.37. The van der Waals surface area contributed by atoms with Gasteiger partial charge >= 0.3 is 6.98 Å². The number of aromatic amines is 1. The fraction of sp³-hybridized carbons (Fsp3) is 0. The van der Waals surface area contributed by atoms with Crippen molar-refractivity contribution >= 4 is 44.3 Å². The molecule has 1 rings (SSSR count). The maximum absolute atomic E-state index is 12.2. The summed E-state index contributed by atoms with van der Waals surface area (Å²) in [6, 6.07) is 0.995. The molecule has 1 aromatic rings. The first kappa shape index (κ1) is 10.0. The van der Waals surface area contributed by atoms with Gasteiger partial charge in [0.1, 0.15) is 0 Å². The van der Waals surface area contributed by atoms with Crippen molar-refractivity contribution in [3.63, 3.8) is 0 Å². The van der Waals surface area contributed by atoms with E-state index in [1.54, 1.807) is 0 Å². The number of aromatic nitrogens is 1. The zero-order valence-corrected chi connectivity index (χ0v) is 8.79. The molecule has 0 amide bonds. The fourth-order valence-electron chi connectivity index (χ4n) is 0.721. The number of hydrogen-bond acceptors (Lipinski definition) is 0. The number of halogens is 5. The molecule has 0 radical (unpaired) electrons. The van der Waals surface area contributed by atoms with Crippen LogP contribution >= 0.6 is 31.9 Å². The maximum atomic E-state index is 12.2. The largest absolute Gasteiger partial charge is 0.511 e. The molecule has 1 nitrogen and oxygen atoms in total. The van der Waals surface area contributed by atoms with E-state index in [-0.39, 0.29) is 4.47 Å². The van der Waals surface area contributed by atoms with E-state index in [4.69, 9.17) is 0 Å². The van der Waals surface area contributed by atoms with Gasteiger partial charge in [-0.2, -0.15) is 0 Å². The van der Waals surface area contributed by atoms with Crippen LogP contribution in [0.4, 0.5) is 12.9 Å². The minimum atomic E-state index is -4.95. The Labute approximate surface area is 83.7 Å². The molecular formula is C5H3BBr2F3N. The van der Waals surface area contributed by atoms with E-state index in [2.05, 4.69) is 36.8 Å². The van der Waals surface area contributed by atoms with Gasteiger partial charge in [-0.15, -0.1) is 0 Å². The van der Waals surface area contributed by atoms with Gasteiger partial charge in [0.05, 0.1) is 4.47 Å². The van der Waals surface area contributed by atoms with Gasteiger partial charge in [-0.25, -0.2) is 4.98 Å². The predicted molar refractivity (Wildman–Crippen MR) is 47.1 cm³/mol. The Morgan fingerprint density at radius 3 is 2.25 bits per heavy atom. The van der Waals surface area contributed by atoms with Gasteiger partial charge < -0.3 is 12.9 Å². The number of pyridine rings is 1. The average Bonchev–Trinajstić information content (AvgIpc) is 1.92. The summed E-state index contributed by atoms with van der Waals surface area (Å²) in [5, 5.41) is 0. The third-order valence-electron chi connectivity index (χ3n) is 1.27. The Kier molecular flexibility index (Phi) is 2.83. The first-order valence-electron chi connectivity index (χ1n) is 2.98. The summed E-state index contributed by atoms with van der Waals surface area (Å²) in [7, 11) is 0. The van der Waals surface area contributed by atoms with E-state index >= 15 is 0 Å². The van der Waals surface area contributed by atoms with Crippen LogP contribution in [0.3, 0.4) is 0 Å². The van der Waals surface area contributed by atoms with Crippen molar-refractivity contribution in [3.8, 4) is 0 Å². The molecule has 0 atom stereocenters. The summed E-state index contributed by atoms with van der Waals surface area (Å²) < 4.78 is 37.0. The predicted octanol–water partition coefficient (Wildman–Crippen LogP) is 2.08. The second-order valence-electron chi connectivity index (χ2n) is 2.14. The summed E-state index contributed by atoms with van der Waals surface area (Å²) >= 11 is 5.78. The third-order valence-corrected chi connectivity index (χ3v) is 3.28. The van der Waals surface area contributed by atoms with E-state index in [0.29, 0.717) is 4.60 Å². The molecule has 0 spiro atoms. The van der Waals surface area contributed by atoms with Gasteiger partial charge in [0.15, 0.2) is 6.20 Å². The van der Waals surface area contributed by atoms with Gasteiger partial charge in [-0.3, -0.25) is 0 Å². The minimum absolute atomic E-state index is 0.0116. The van der Waals surface area contributed by atoms with Crippen LogP contribution in [0.25, 0.3) is 0 Å². The summed E-state index contributed by atoms with van der Waals surface area (Å²) in [5.74, 6) is 0. The monoisotopic (exact) mass is 303 g/mol. The van der Waals surface area contributed by atoms with Gasteiger partial charge in [0.2, 0.25) is 0 Å². The van der Waals surface area contributed by atoms with Crippen molar-refractivity contribution in [3.05, 3.63) is 21.3 Å². The molecular weight excluding hydrogens is 302 g/mol. The molecule has 0 aromatic carbocycles. The number of hydrogen-bond donors (Lipinski definition) is 0. The van der Waals surface area contributed by atoms with Gasteiger partial charge in [0, 0.05) is 15.9 Å². The van der Waals surface area contributed by atoms with Crippen LogP contribution in [-0.4, -0.2) is 6.98 Å². The molecule has 1 aromatic heterocycles. The van der Waals surface area contributed by atoms with E-state index < -0.39 is 12.4 Å². The summed E-state index contributed by atoms with van der Waals surface area (Å²) in [6.07, 6.45) is 1.24. The lowest BCUT2D eigenvalue weighted by Crippen LogP contribution is -2.36. The Morgan fingerprint density at radius 2 is 1.83 bits per heavy atom. The molecule has 1 heterocycles. The molecule has 0 saturated heterocycles. The standard InChI is InChI=1S/C5H2BBr2F3N/c7-4-3(6(9,10)11)1-2-12-5(4)8/h1-2H/q-1/p+1. The fourth-order valence-corrected chi connectivity index (χ4v) is 1.59. The highest BCUT2D eigenvalue weighted by atomic mass is 79.9. The van der Waals surface area contributed by atoms with Gasteiger partial charge in [0.25, 0.3) is 4.60 Å². The Morgan fingerprint density at radius 1 is 1.25 bits per heavy atom. The van der Waals surface area contributed by atoms with Crippen LogP contribution in [0.5, 0.6) is 0 Å². The Bertz CT molecular complexity index is 301. The molecule has 7 heteroatoms. The van der Waals surface area contributed by atoms with E-state index in [1.807, 2.05) is 0 Å². The highest BCUT2D eigenvalue weighted by Gasteiger charge is 2.30. The number of nitrogens with one attached hydrogen (secondary N) is 1. The SMILES string of the molecule is F[B-](F)(F)c1cc[nH+]c(Br)c1Br. The van der Waals surface area contributed by atoms with Crippen molar-refractivity contribution in [2.24, 2.45) is 0 Å². The van der Waals surface area contributed by atoms with Crippen LogP contribution < -0.4 is 10.4 Å². The van der Waals surface area contributed by atoms with Crippen LogP contribution in [-0.2, 0) is 0 Å². The molecule has 0 aliphatic heterocycles. The molecule has 12 heavy (non-hydrogen) atoms. The lowest BCUT2D eigenvalue weighted by molar-refractivity contribution is -0.392. The lowest BCUT2D eigenvalue weighted by atomic mass is 9.81. The molecule has 1 N–H and O–H groups in total. The van der Waals surface area contributed by atoms with Crippen LogP contribution in [0.2, 0.25) is 0 Å². The molecule has 0 saturated carbocycles. The lowest BCUT2D eigenvalue weighted by Gasteiger charge is -2.14. The maximum Gasteiger partial charge on any atom is 0.511 e. The van der Waals surface area contributed by atoms with Gasteiger partial charge in [-0.05, 0) is 22.0 Å². The minimum Gasteiger partial charge on any atom is -0.445 e. The first-order valence-corrected chi connectivity index (χ1v) is 4.57. The van der Waals surface area contributed by atoms with E-state index in [1.165, 1.54) is 6.20 Å². The average molecular weight is 305 g/mol. The van der Waals surface area contributed by atoms with Crippen LogP contribution in [0.15, 0.2) is 21.3 Å². The summed E-state index contributed by atoms with van der Waals surface area (Å²) in [6.45, 7) is -4.95. The van der Waals surface area contributed by atoms with E-state index in [0.717, 1.165) is 6.07 Å². The van der Waals surface area contributed by atoms with E-state index in [9.17, 15) is 12.9 Å². The summed E-state index contributed by atoms with van der Waals surface area (Å²) in [4.78, 5) is 2.59. The van der Waals surface area contributed by atoms with Crippen molar-refractivity contribution < 1.29 is 17.9 Å². The van der Waals surface area contributed by atoms with Gasteiger partial charge in [-0.1, -0.05) is 5.46 Å². The molecule has 0 aliphatic carbocycles. The Balaban J connectivity index is 3.26. The molecule has 0 aliphatic rings. The highest BCUT2D eigenvalue weighted by molar-refractivity contribution is 9.13. The molecule has 66 valence electrons. The number of H-pyrrole nitrogens is 1. The molecule has 0 fully saturated rings. The van der Waals surface area contributed by atoms with Crippen molar-refractivity contribution in [1.29, 1.82) is 0 Å². The quantitative estimate of drug-likeness (QED) is 0.557. The van der Waals surface area contributed by atoms with Crippen LogP contribution in [0, 0.1) is 0 Å². The smallest absolute Gasteiger partial charge is 0.445 e. The van der Waals surface area contributed by atoms with Crippen molar-refractivity contribution in [1.82, 2.24) is 0 Å². The first-order chi connectivity index (χ1) is 5.43. The second-order valence-corrected chi connectivity index (χ2v) is 3.72. The third kappa shape index (κ3) is 2.01. The zero-order valence-electron chi connectivity index (χ0n) is 5.62. The van der Waals surface area contributed by atoms with Crippen molar-refractivity contribution in [2.75, 3.05) is 0 Å². The molecule has 0 bridgehead atoms. The zero-order chi connectivity index (χ0) is 9.35.